The van der Waals surface area contributed by atoms with Crippen molar-refractivity contribution in [2.45, 2.75) is 25.4 Å². The van der Waals surface area contributed by atoms with E-state index in [-0.39, 0.29) is 18.9 Å². The zero-order valence-corrected chi connectivity index (χ0v) is 16.7. The molecule has 2 aromatic carbocycles. The van der Waals surface area contributed by atoms with Crippen LogP contribution in [0.15, 0.2) is 47.4 Å². The maximum atomic E-state index is 14.3. The normalized spacial score (nSPS) is 14.8. The smallest absolute Gasteiger partial charge is 0.335 e. The number of hydrogen-bond donors (Lipinski definition) is 1. The van der Waals surface area contributed by atoms with Gasteiger partial charge in [-0.05, 0) is 31.0 Å². The van der Waals surface area contributed by atoms with Gasteiger partial charge in [0, 0.05) is 17.7 Å². The van der Waals surface area contributed by atoms with Crippen LogP contribution in [0.2, 0.25) is 0 Å². The number of halogens is 2. The van der Waals surface area contributed by atoms with Gasteiger partial charge in [0.15, 0.2) is 28.8 Å². The summed E-state index contributed by atoms with van der Waals surface area (Å²) < 4.78 is 41.6. The predicted molar refractivity (Wildman–Crippen MR) is 111 cm³/mol. The van der Waals surface area contributed by atoms with E-state index < -0.39 is 17.3 Å². The maximum Gasteiger partial charge on any atom is 0.335 e. The molecule has 0 unspecified atom stereocenters. The number of rotatable bonds is 5. The fourth-order valence-electron chi connectivity index (χ4n) is 3.77. The summed E-state index contributed by atoms with van der Waals surface area (Å²) in [5.74, 6) is -0.461. The fourth-order valence-corrected chi connectivity index (χ4v) is 3.77. The Labute approximate surface area is 180 Å². The summed E-state index contributed by atoms with van der Waals surface area (Å²) in [6.45, 7) is -0.0683. The van der Waals surface area contributed by atoms with Gasteiger partial charge in [0.25, 0.3) is 0 Å². The monoisotopic (exact) mass is 437 g/mol. The molecule has 1 N–H and O–H groups in total. The van der Waals surface area contributed by atoms with E-state index in [2.05, 4.69) is 15.3 Å². The van der Waals surface area contributed by atoms with Crippen molar-refractivity contribution in [1.29, 1.82) is 0 Å². The van der Waals surface area contributed by atoms with Crippen molar-refractivity contribution in [3.63, 3.8) is 0 Å². The largest absolute Gasteiger partial charge is 0.454 e. The van der Waals surface area contributed by atoms with Crippen LogP contribution < -0.4 is 20.5 Å². The minimum Gasteiger partial charge on any atom is -0.454 e. The van der Waals surface area contributed by atoms with Crippen LogP contribution in [0.1, 0.15) is 18.4 Å². The Kier molecular flexibility index (Phi) is 4.14. The van der Waals surface area contributed by atoms with Gasteiger partial charge >= 0.3 is 5.69 Å². The van der Waals surface area contributed by atoms with E-state index in [4.69, 9.17) is 9.47 Å². The number of anilines is 1. The highest BCUT2D eigenvalue weighted by molar-refractivity contribution is 5.75. The van der Waals surface area contributed by atoms with E-state index in [1.165, 1.54) is 27.5 Å². The van der Waals surface area contributed by atoms with Crippen molar-refractivity contribution >= 4 is 17.1 Å². The number of aromatic nitrogens is 4. The predicted octanol–water partition coefficient (Wildman–Crippen LogP) is 3.21. The molecule has 32 heavy (non-hydrogen) atoms. The average molecular weight is 437 g/mol. The third-order valence-corrected chi connectivity index (χ3v) is 5.56. The number of imidazole rings is 1. The lowest BCUT2D eigenvalue weighted by atomic mass is 10.2. The Hall–Kier alpha value is -3.95. The maximum absolute atomic E-state index is 14.3. The first-order chi connectivity index (χ1) is 15.6. The summed E-state index contributed by atoms with van der Waals surface area (Å²) in [7, 11) is 0. The average Bonchev–Trinajstić information content (AvgIpc) is 3.40. The highest BCUT2D eigenvalue weighted by Crippen LogP contribution is 2.34. The SMILES string of the molecule is O=c1n(Cc2cccc(F)c2F)c2cnc(NC3CC3)nc2n1-c1ccc2c(c1)OCO2. The van der Waals surface area contributed by atoms with Gasteiger partial charge in [0.1, 0.15) is 5.52 Å². The molecule has 0 radical (unpaired) electrons. The lowest BCUT2D eigenvalue weighted by molar-refractivity contribution is 0.174. The van der Waals surface area contributed by atoms with Gasteiger partial charge in [-0.2, -0.15) is 4.98 Å². The third-order valence-electron chi connectivity index (χ3n) is 5.56. The molecule has 3 heterocycles. The molecular weight excluding hydrogens is 420 g/mol. The van der Waals surface area contributed by atoms with Gasteiger partial charge in [-0.15, -0.1) is 0 Å². The Morgan fingerprint density at radius 1 is 1.12 bits per heavy atom. The quantitative estimate of drug-likeness (QED) is 0.516. The minimum atomic E-state index is -0.990. The highest BCUT2D eigenvalue weighted by Gasteiger charge is 2.24. The molecule has 2 aliphatic rings. The van der Waals surface area contributed by atoms with Crippen LogP contribution in [-0.2, 0) is 6.54 Å². The van der Waals surface area contributed by atoms with Crippen LogP contribution in [0.4, 0.5) is 14.7 Å². The molecular formula is C22H17F2N5O3. The van der Waals surface area contributed by atoms with Crippen molar-refractivity contribution < 1.29 is 18.3 Å². The second-order valence-electron chi connectivity index (χ2n) is 7.78. The summed E-state index contributed by atoms with van der Waals surface area (Å²) in [6.07, 6.45) is 3.60. The van der Waals surface area contributed by atoms with Crippen molar-refractivity contribution in [3.05, 3.63) is 70.3 Å². The zero-order valence-electron chi connectivity index (χ0n) is 16.7. The molecule has 162 valence electrons. The molecule has 6 rings (SSSR count). The number of benzene rings is 2. The van der Waals surface area contributed by atoms with Crippen molar-refractivity contribution in [2.75, 3.05) is 12.1 Å². The summed E-state index contributed by atoms with van der Waals surface area (Å²) in [6, 6.07) is 9.33. The second-order valence-corrected chi connectivity index (χ2v) is 7.78. The van der Waals surface area contributed by atoms with Gasteiger partial charge in [-0.1, -0.05) is 12.1 Å². The Morgan fingerprint density at radius 3 is 2.81 bits per heavy atom. The van der Waals surface area contributed by atoms with Crippen molar-refractivity contribution in [2.24, 2.45) is 0 Å². The van der Waals surface area contributed by atoms with E-state index in [9.17, 15) is 13.6 Å². The lowest BCUT2D eigenvalue weighted by Gasteiger charge is -2.06. The molecule has 0 saturated heterocycles. The molecule has 0 atom stereocenters. The summed E-state index contributed by atoms with van der Waals surface area (Å²) in [5.41, 5.74) is 0.859. The minimum absolute atomic E-state index is 0.0528. The zero-order chi connectivity index (χ0) is 21.8. The molecule has 2 aromatic heterocycles. The van der Waals surface area contributed by atoms with Gasteiger partial charge in [0.05, 0.1) is 18.4 Å². The van der Waals surface area contributed by atoms with E-state index in [1.54, 1.807) is 18.2 Å². The van der Waals surface area contributed by atoms with Crippen molar-refractivity contribution in [1.82, 2.24) is 19.1 Å². The third kappa shape index (κ3) is 3.06. The number of nitrogens with one attached hydrogen (secondary N) is 1. The van der Waals surface area contributed by atoms with Crippen LogP contribution in [-0.4, -0.2) is 31.9 Å². The van der Waals surface area contributed by atoms with Crippen LogP contribution in [0.25, 0.3) is 16.9 Å². The van der Waals surface area contributed by atoms with Crippen LogP contribution in [0.5, 0.6) is 11.5 Å². The molecule has 1 aliphatic heterocycles. The molecule has 1 fully saturated rings. The highest BCUT2D eigenvalue weighted by atomic mass is 19.2. The Morgan fingerprint density at radius 2 is 1.97 bits per heavy atom. The summed E-state index contributed by atoms with van der Waals surface area (Å²) >= 11 is 0. The molecule has 0 spiro atoms. The van der Waals surface area contributed by atoms with Gasteiger partial charge in [-0.25, -0.2) is 23.1 Å². The first kappa shape index (κ1) is 18.8. The van der Waals surface area contributed by atoms with Crippen LogP contribution >= 0.6 is 0 Å². The molecule has 0 bridgehead atoms. The standard InChI is InChI=1S/C22H17F2N5O3/c23-15-3-1-2-12(19(15)24)10-28-16-9-25-21(26-13-4-5-13)27-20(16)29(22(28)30)14-6-7-17-18(8-14)32-11-31-17/h1-3,6-9,13H,4-5,10-11H2,(H,25,26,27). The molecule has 10 heteroatoms. The summed E-state index contributed by atoms with van der Waals surface area (Å²) in [5, 5.41) is 3.22. The van der Waals surface area contributed by atoms with Gasteiger partial charge < -0.3 is 14.8 Å². The molecule has 0 amide bonds. The van der Waals surface area contributed by atoms with E-state index >= 15 is 0 Å². The Balaban J connectivity index is 1.54. The number of nitrogens with zero attached hydrogens (tertiary/aromatic N) is 4. The first-order valence-electron chi connectivity index (χ1n) is 10.2. The summed E-state index contributed by atoms with van der Waals surface area (Å²) in [4.78, 5) is 22.4. The Bertz CT molecular complexity index is 1430. The number of hydrogen-bond acceptors (Lipinski definition) is 6. The van der Waals surface area contributed by atoms with Crippen LogP contribution in [0.3, 0.4) is 0 Å². The molecule has 4 aromatic rings. The first-order valence-corrected chi connectivity index (χ1v) is 10.2. The van der Waals surface area contributed by atoms with Crippen molar-refractivity contribution in [3.8, 4) is 17.2 Å². The molecule has 1 saturated carbocycles. The van der Waals surface area contributed by atoms with E-state index in [1.807, 2.05) is 0 Å². The van der Waals surface area contributed by atoms with Crippen LogP contribution in [0, 0.1) is 11.6 Å². The van der Waals surface area contributed by atoms with Gasteiger partial charge in [-0.3, -0.25) is 4.57 Å². The van der Waals surface area contributed by atoms with E-state index in [0.717, 1.165) is 18.9 Å². The second kappa shape index (κ2) is 7.04. The fraction of sp³-hybridized carbons (Fsp3) is 0.227. The topological polar surface area (TPSA) is 83.2 Å². The lowest BCUT2D eigenvalue weighted by Crippen LogP contribution is -2.24. The number of fused-ring (bicyclic) bond motifs is 2. The van der Waals surface area contributed by atoms with E-state index in [0.29, 0.717) is 40.3 Å². The molecule has 1 aliphatic carbocycles. The number of ether oxygens (including phenoxy) is 2. The van der Waals surface area contributed by atoms with Gasteiger partial charge in [0.2, 0.25) is 12.7 Å². The molecule has 8 nitrogen and oxygen atoms in total.